The topological polar surface area (TPSA) is 0 Å². The summed E-state index contributed by atoms with van der Waals surface area (Å²) < 4.78 is 1.48. The first-order chi connectivity index (χ1) is 13.4. The third-order valence-corrected chi connectivity index (χ3v) is 11.2. The quantitative estimate of drug-likeness (QED) is 0.223. The molecule has 0 aromatic heterocycles. The Kier molecular flexibility index (Phi) is 10.1. The van der Waals surface area contributed by atoms with Crippen LogP contribution in [0.3, 0.4) is 0 Å². The van der Waals surface area contributed by atoms with Crippen molar-refractivity contribution < 1.29 is 16.1 Å². The van der Waals surface area contributed by atoms with E-state index in [4.69, 9.17) is 9.69 Å². The molecule has 2 unspecified atom stereocenters. The molecule has 0 saturated carbocycles. The van der Waals surface area contributed by atoms with Crippen molar-refractivity contribution in [3.05, 3.63) is 81.6 Å². The standard InChI is InChI=1S/C14H16P2.C10H15.ClH.Ru/c1-3-7-13(8-4-1)15-11-12-16-14-9-5-2-6-10-14;1-7-6-10(4,5)9(3)8(7)2;;/h1-10,15-16H,11-12H2;1-5H3;1H;/q;;;+1/p-1. The predicted octanol–water partition coefficient (Wildman–Crippen LogP) is 6.87. The molecule has 2 aromatic rings. The molecule has 2 aromatic carbocycles. The maximum absolute atomic E-state index is 6.02. The molecule has 2 atom stereocenters. The molecule has 0 heterocycles. The molecule has 0 saturated heterocycles. The number of hydrogen-bond acceptors (Lipinski definition) is 0. The fourth-order valence-electron chi connectivity index (χ4n) is 3.20. The minimum Gasteiger partial charge on any atom is -0.0900 e. The van der Waals surface area contributed by atoms with Gasteiger partial charge in [-0.25, -0.2) is 0 Å². The van der Waals surface area contributed by atoms with Gasteiger partial charge in [0.2, 0.25) is 0 Å². The van der Waals surface area contributed by atoms with E-state index in [1.165, 1.54) is 43.8 Å². The summed E-state index contributed by atoms with van der Waals surface area (Å²) in [6, 6.07) is 21.6. The fraction of sp³-hybridized carbons (Fsp3) is 0.333. The van der Waals surface area contributed by atoms with Gasteiger partial charge < -0.3 is 0 Å². The van der Waals surface area contributed by atoms with E-state index in [2.05, 4.69) is 95.3 Å². The summed E-state index contributed by atoms with van der Waals surface area (Å²) in [5.74, 6) is 0. The van der Waals surface area contributed by atoms with E-state index in [9.17, 15) is 0 Å². The summed E-state index contributed by atoms with van der Waals surface area (Å²) in [5.41, 5.74) is 4.61. The van der Waals surface area contributed by atoms with Crippen molar-refractivity contribution in [2.45, 2.75) is 34.6 Å². The summed E-state index contributed by atoms with van der Waals surface area (Å²) in [6.45, 7) is 11.2. The van der Waals surface area contributed by atoms with Crippen LogP contribution in [0, 0.1) is 5.41 Å². The third kappa shape index (κ3) is 6.61. The molecule has 28 heavy (non-hydrogen) atoms. The van der Waals surface area contributed by atoms with Gasteiger partial charge in [-0.05, 0) is 22.9 Å². The van der Waals surface area contributed by atoms with E-state index in [1.54, 1.807) is 0 Å². The Bertz CT molecular complexity index is 770. The van der Waals surface area contributed by atoms with Crippen LogP contribution in [0.4, 0.5) is 0 Å². The van der Waals surface area contributed by atoms with E-state index in [0.717, 1.165) is 17.2 Å². The Morgan fingerprint density at radius 3 is 1.46 bits per heavy atom. The minimum absolute atomic E-state index is 0.101. The van der Waals surface area contributed by atoms with Crippen LogP contribution < -0.4 is 10.6 Å². The SMILES string of the molecule is CC1=C(C)C(C)(C)[C]([Ru][Cl])=C1C.c1ccc(PCCPc2ccccc2)cc1. The van der Waals surface area contributed by atoms with Gasteiger partial charge in [0.05, 0.1) is 0 Å². The van der Waals surface area contributed by atoms with Gasteiger partial charge in [-0.2, -0.15) is 0 Å². The number of allylic oxidation sites excluding steroid dienone is 4. The summed E-state index contributed by atoms with van der Waals surface area (Å²) >= 11 is -0.101. The zero-order valence-electron chi connectivity index (χ0n) is 17.4. The molecule has 152 valence electrons. The van der Waals surface area contributed by atoms with Gasteiger partial charge in [0.1, 0.15) is 0 Å². The first kappa shape index (κ1) is 24.0. The number of hydrogen-bond donors (Lipinski definition) is 0. The maximum Gasteiger partial charge on any atom is -0.0271 e. The molecule has 0 N–H and O–H groups in total. The largest absolute Gasteiger partial charge is 0.0900 e. The van der Waals surface area contributed by atoms with Crippen molar-refractivity contribution in [1.82, 2.24) is 0 Å². The van der Waals surface area contributed by atoms with Gasteiger partial charge in [-0.15, -0.1) is 0 Å². The van der Waals surface area contributed by atoms with Crippen LogP contribution in [-0.4, -0.2) is 12.3 Å². The Labute approximate surface area is 186 Å². The van der Waals surface area contributed by atoms with E-state index >= 15 is 0 Å². The van der Waals surface area contributed by atoms with Crippen LogP contribution in [-0.2, 0) is 16.1 Å². The Balaban J connectivity index is 0.000000209. The molecule has 1 aliphatic rings. The van der Waals surface area contributed by atoms with Crippen LogP contribution in [0.1, 0.15) is 34.6 Å². The van der Waals surface area contributed by atoms with Crippen molar-refractivity contribution in [2.24, 2.45) is 5.41 Å². The average Bonchev–Trinajstić information content (AvgIpc) is 2.86. The van der Waals surface area contributed by atoms with Crippen molar-refractivity contribution >= 4 is 37.5 Å². The Morgan fingerprint density at radius 2 is 1.18 bits per heavy atom. The monoisotopic (exact) mass is 518 g/mol. The summed E-state index contributed by atoms with van der Waals surface area (Å²) in [5, 5.41) is 2.97. The second kappa shape index (κ2) is 11.8. The minimum atomic E-state index is -0.101. The zero-order chi connectivity index (χ0) is 20.6. The number of benzene rings is 2. The molecular weight excluding hydrogens is 487 g/mol. The normalized spacial score (nSPS) is 16.5. The molecule has 0 bridgehead atoms. The first-order valence-corrected chi connectivity index (χ1v) is 15.1. The molecule has 0 aliphatic heterocycles. The molecule has 0 amide bonds. The average molecular weight is 518 g/mol. The van der Waals surface area contributed by atoms with E-state index in [-0.39, 0.29) is 21.6 Å². The van der Waals surface area contributed by atoms with Crippen molar-refractivity contribution in [1.29, 1.82) is 0 Å². The maximum atomic E-state index is 6.02. The summed E-state index contributed by atoms with van der Waals surface area (Å²) in [6.07, 6.45) is 2.63. The number of rotatable bonds is 6. The van der Waals surface area contributed by atoms with Gasteiger partial charge in [0.15, 0.2) is 0 Å². The van der Waals surface area contributed by atoms with Crippen LogP contribution in [0.15, 0.2) is 81.6 Å². The van der Waals surface area contributed by atoms with Crippen molar-refractivity contribution in [3.8, 4) is 0 Å². The predicted molar refractivity (Wildman–Crippen MR) is 129 cm³/mol. The molecular formula is C24H31ClP2Ru. The second-order valence-corrected chi connectivity index (χ2v) is 12.3. The zero-order valence-corrected chi connectivity index (χ0v) is 21.9. The molecule has 0 radical (unpaired) electrons. The van der Waals surface area contributed by atoms with Gasteiger partial charge in [-0.1, -0.05) is 77.8 Å². The number of halogens is 1. The van der Waals surface area contributed by atoms with E-state index in [1.807, 2.05) is 0 Å². The fourth-order valence-corrected chi connectivity index (χ4v) is 8.52. The van der Waals surface area contributed by atoms with Crippen LogP contribution in [0.25, 0.3) is 0 Å². The molecule has 4 heteroatoms. The molecule has 0 nitrogen and oxygen atoms in total. The summed E-state index contributed by atoms with van der Waals surface area (Å²) in [4.78, 5) is 0. The molecule has 3 rings (SSSR count). The third-order valence-electron chi connectivity index (χ3n) is 5.31. The molecule has 1 aliphatic carbocycles. The van der Waals surface area contributed by atoms with Gasteiger partial charge in [-0.3, -0.25) is 0 Å². The Hall–Kier alpha value is -0.307. The molecule has 0 spiro atoms. The summed E-state index contributed by atoms with van der Waals surface area (Å²) in [7, 11) is 7.95. The first-order valence-electron chi connectivity index (χ1n) is 9.59. The van der Waals surface area contributed by atoms with Crippen LogP contribution in [0.5, 0.6) is 0 Å². The van der Waals surface area contributed by atoms with Gasteiger partial charge >= 0.3 is 86.7 Å². The van der Waals surface area contributed by atoms with Gasteiger partial charge in [0, 0.05) is 0 Å². The molecule has 0 fully saturated rings. The second-order valence-electron chi connectivity index (χ2n) is 7.45. The van der Waals surface area contributed by atoms with Crippen LogP contribution >= 0.6 is 26.9 Å². The van der Waals surface area contributed by atoms with Crippen molar-refractivity contribution in [2.75, 3.05) is 12.3 Å². The van der Waals surface area contributed by atoms with Gasteiger partial charge in [0.25, 0.3) is 0 Å². The van der Waals surface area contributed by atoms with E-state index in [0.29, 0.717) is 0 Å². The Morgan fingerprint density at radius 1 is 0.750 bits per heavy atom. The smallest absolute Gasteiger partial charge is 0.0271 e. The van der Waals surface area contributed by atoms with Crippen molar-refractivity contribution in [3.63, 3.8) is 0 Å². The van der Waals surface area contributed by atoms with Crippen LogP contribution in [0.2, 0.25) is 0 Å². The van der Waals surface area contributed by atoms with E-state index < -0.39 is 0 Å².